The number of carbonyl (C=O) groups is 1. The van der Waals surface area contributed by atoms with Crippen molar-refractivity contribution in [3.63, 3.8) is 0 Å². The Morgan fingerprint density at radius 1 is 1.11 bits per heavy atom. The summed E-state index contributed by atoms with van der Waals surface area (Å²) in [5, 5.41) is 0. The molecule has 2 aromatic rings. The number of hydrogen-bond acceptors (Lipinski definition) is 2. The highest BCUT2D eigenvalue weighted by Crippen LogP contribution is 2.16. The molecule has 19 heavy (non-hydrogen) atoms. The molecule has 5 heteroatoms. The molecule has 0 aliphatic carbocycles. The first-order chi connectivity index (χ1) is 9.06. The SMILES string of the molecule is O=C(COc1ccc(F)c(F)c1)c1cccc(Br)c1. The van der Waals surface area contributed by atoms with Crippen molar-refractivity contribution in [3.05, 3.63) is 64.1 Å². The van der Waals surface area contributed by atoms with Crippen molar-refractivity contribution in [3.8, 4) is 5.75 Å². The fraction of sp³-hybridized carbons (Fsp3) is 0.0714. The van der Waals surface area contributed by atoms with Gasteiger partial charge in [0, 0.05) is 16.1 Å². The van der Waals surface area contributed by atoms with Crippen molar-refractivity contribution in [2.45, 2.75) is 0 Å². The van der Waals surface area contributed by atoms with Crippen LogP contribution in [0.2, 0.25) is 0 Å². The summed E-state index contributed by atoms with van der Waals surface area (Å²) in [4.78, 5) is 11.8. The summed E-state index contributed by atoms with van der Waals surface area (Å²) in [7, 11) is 0. The third-order valence-electron chi connectivity index (χ3n) is 2.41. The summed E-state index contributed by atoms with van der Waals surface area (Å²) in [6.07, 6.45) is 0. The van der Waals surface area contributed by atoms with Crippen molar-refractivity contribution < 1.29 is 18.3 Å². The molecule has 0 unspecified atom stereocenters. The zero-order valence-corrected chi connectivity index (χ0v) is 11.3. The van der Waals surface area contributed by atoms with Crippen LogP contribution >= 0.6 is 15.9 Å². The summed E-state index contributed by atoms with van der Waals surface area (Å²) in [5.74, 6) is -2.09. The number of halogens is 3. The molecule has 0 amide bonds. The number of carbonyl (C=O) groups excluding carboxylic acids is 1. The van der Waals surface area contributed by atoms with Gasteiger partial charge in [0.05, 0.1) is 0 Å². The van der Waals surface area contributed by atoms with E-state index in [-0.39, 0.29) is 18.1 Å². The normalized spacial score (nSPS) is 10.3. The Balaban J connectivity index is 2.02. The number of hydrogen-bond donors (Lipinski definition) is 0. The summed E-state index contributed by atoms with van der Waals surface area (Å²) in [6.45, 7) is -0.235. The molecule has 0 saturated heterocycles. The van der Waals surface area contributed by atoms with Gasteiger partial charge >= 0.3 is 0 Å². The van der Waals surface area contributed by atoms with E-state index >= 15 is 0 Å². The molecule has 0 heterocycles. The van der Waals surface area contributed by atoms with Crippen LogP contribution in [0.3, 0.4) is 0 Å². The average molecular weight is 327 g/mol. The van der Waals surface area contributed by atoms with E-state index in [1.807, 2.05) is 0 Å². The lowest BCUT2D eigenvalue weighted by atomic mass is 10.1. The zero-order chi connectivity index (χ0) is 13.8. The zero-order valence-electron chi connectivity index (χ0n) is 9.70. The molecule has 0 spiro atoms. The Labute approximate surface area is 117 Å². The highest BCUT2D eigenvalue weighted by atomic mass is 79.9. The summed E-state index contributed by atoms with van der Waals surface area (Å²) in [6, 6.07) is 9.98. The van der Waals surface area contributed by atoms with E-state index in [1.165, 1.54) is 6.07 Å². The van der Waals surface area contributed by atoms with Crippen LogP contribution < -0.4 is 4.74 Å². The highest BCUT2D eigenvalue weighted by molar-refractivity contribution is 9.10. The third-order valence-corrected chi connectivity index (χ3v) is 2.90. The van der Waals surface area contributed by atoms with Crippen molar-refractivity contribution in [2.75, 3.05) is 6.61 Å². The monoisotopic (exact) mass is 326 g/mol. The average Bonchev–Trinajstić information content (AvgIpc) is 2.40. The second-order valence-electron chi connectivity index (χ2n) is 3.80. The van der Waals surface area contributed by atoms with Gasteiger partial charge in [0.2, 0.25) is 0 Å². The Bertz CT molecular complexity index is 614. The first-order valence-electron chi connectivity index (χ1n) is 5.43. The molecule has 0 bridgehead atoms. The maximum absolute atomic E-state index is 12.9. The van der Waals surface area contributed by atoms with Gasteiger partial charge in [-0.05, 0) is 24.3 Å². The minimum absolute atomic E-state index is 0.113. The fourth-order valence-electron chi connectivity index (χ4n) is 1.46. The fourth-order valence-corrected chi connectivity index (χ4v) is 1.86. The van der Waals surface area contributed by atoms with E-state index < -0.39 is 11.6 Å². The van der Waals surface area contributed by atoms with Crippen LogP contribution in [0.15, 0.2) is 46.9 Å². The second-order valence-corrected chi connectivity index (χ2v) is 4.71. The summed E-state index contributed by atoms with van der Waals surface area (Å²) < 4.78 is 31.5. The molecule has 0 radical (unpaired) electrons. The Morgan fingerprint density at radius 3 is 2.58 bits per heavy atom. The number of Topliss-reactive ketones (excluding diaryl/α,β-unsaturated/α-hetero) is 1. The topological polar surface area (TPSA) is 26.3 Å². The van der Waals surface area contributed by atoms with Gasteiger partial charge in [-0.15, -0.1) is 0 Å². The lowest BCUT2D eigenvalue weighted by molar-refractivity contribution is 0.0921. The molecule has 0 atom stereocenters. The Kier molecular flexibility index (Phi) is 4.27. The van der Waals surface area contributed by atoms with Gasteiger partial charge in [0.15, 0.2) is 24.0 Å². The van der Waals surface area contributed by atoms with Crippen LogP contribution in [0, 0.1) is 11.6 Å². The van der Waals surface area contributed by atoms with Crippen LogP contribution in [0.1, 0.15) is 10.4 Å². The van der Waals surface area contributed by atoms with Crippen molar-refractivity contribution in [1.82, 2.24) is 0 Å². The van der Waals surface area contributed by atoms with E-state index in [0.29, 0.717) is 5.56 Å². The predicted octanol–water partition coefficient (Wildman–Crippen LogP) is 3.99. The molecule has 0 aliphatic heterocycles. The van der Waals surface area contributed by atoms with Gasteiger partial charge in [-0.3, -0.25) is 4.79 Å². The first-order valence-corrected chi connectivity index (χ1v) is 6.22. The summed E-state index contributed by atoms with van der Waals surface area (Å²) >= 11 is 3.26. The smallest absolute Gasteiger partial charge is 0.200 e. The largest absolute Gasteiger partial charge is 0.485 e. The number of rotatable bonds is 4. The standard InChI is InChI=1S/C14H9BrF2O2/c15-10-3-1-2-9(6-10)14(18)8-19-11-4-5-12(16)13(17)7-11/h1-7H,8H2. The number of ketones is 1. The van der Waals surface area contributed by atoms with E-state index in [2.05, 4.69) is 15.9 Å². The summed E-state index contributed by atoms with van der Waals surface area (Å²) in [5.41, 5.74) is 0.483. The van der Waals surface area contributed by atoms with Crippen molar-refractivity contribution in [1.29, 1.82) is 0 Å². The Hall–Kier alpha value is -1.75. The quantitative estimate of drug-likeness (QED) is 0.794. The van der Waals surface area contributed by atoms with Crippen LogP contribution in [0.5, 0.6) is 5.75 Å². The van der Waals surface area contributed by atoms with Gasteiger partial charge in [-0.25, -0.2) is 8.78 Å². The van der Waals surface area contributed by atoms with Gasteiger partial charge in [-0.2, -0.15) is 0 Å². The van der Waals surface area contributed by atoms with Gasteiger partial charge in [-0.1, -0.05) is 28.1 Å². The third kappa shape index (κ3) is 3.61. The highest BCUT2D eigenvalue weighted by Gasteiger charge is 2.08. The van der Waals surface area contributed by atoms with Gasteiger partial charge in [0.25, 0.3) is 0 Å². The molecule has 2 nitrogen and oxygen atoms in total. The minimum atomic E-state index is -1.01. The van der Waals surface area contributed by atoms with E-state index in [9.17, 15) is 13.6 Å². The molecule has 0 N–H and O–H groups in total. The molecule has 2 rings (SSSR count). The molecule has 0 saturated carbocycles. The molecule has 0 aliphatic rings. The van der Waals surface area contributed by atoms with Crippen LogP contribution in [-0.2, 0) is 0 Å². The number of ether oxygens (including phenoxy) is 1. The minimum Gasteiger partial charge on any atom is -0.485 e. The van der Waals surface area contributed by atoms with E-state index in [4.69, 9.17) is 4.74 Å². The van der Waals surface area contributed by atoms with Crippen LogP contribution in [-0.4, -0.2) is 12.4 Å². The van der Waals surface area contributed by atoms with Crippen LogP contribution in [0.25, 0.3) is 0 Å². The van der Waals surface area contributed by atoms with Crippen LogP contribution in [0.4, 0.5) is 8.78 Å². The maximum atomic E-state index is 12.9. The van der Waals surface area contributed by atoms with E-state index in [0.717, 1.165) is 16.6 Å². The Morgan fingerprint density at radius 2 is 1.89 bits per heavy atom. The molecule has 2 aromatic carbocycles. The molecule has 98 valence electrons. The lowest BCUT2D eigenvalue weighted by Gasteiger charge is -2.06. The first kappa shape index (κ1) is 13.7. The maximum Gasteiger partial charge on any atom is 0.200 e. The lowest BCUT2D eigenvalue weighted by Crippen LogP contribution is -2.11. The molecule has 0 fully saturated rings. The van der Waals surface area contributed by atoms with E-state index in [1.54, 1.807) is 24.3 Å². The van der Waals surface area contributed by atoms with Crippen molar-refractivity contribution >= 4 is 21.7 Å². The molecular weight excluding hydrogens is 318 g/mol. The molecular formula is C14H9BrF2O2. The second kappa shape index (κ2) is 5.93. The van der Waals surface area contributed by atoms with Crippen molar-refractivity contribution in [2.24, 2.45) is 0 Å². The number of benzene rings is 2. The van der Waals surface area contributed by atoms with Gasteiger partial charge < -0.3 is 4.74 Å². The van der Waals surface area contributed by atoms with Gasteiger partial charge in [0.1, 0.15) is 5.75 Å². The predicted molar refractivity (Wildman–Crippen MR) is 70.3 cm³/mol. The molecule has 0 aromatic heterocycles.